The highest BCUT2D eigenvalue weighted by molar-refractivity contribution is 6.38. The van der Waals surface area contributed by atoms with Gasteiger partial charge < -0.3 is 35.8 Å². The van der Waals surface area contributed by atoms with Gasteiger partial charge in [-0.15, -0.1) is 0 Å². The predicted octanol–water partition coefficient (Wildman–Crippen LogP) is 2.96. The number of nitrogens with one attached hydrogen (secondary N) is 4. The molecule has 0 radical (unpaired) electrons. The van der Waals surface area contributed by atoms with E-state index in [-0.39, 0.29) is 48.5 Å². The van der Waals surface area contributed by atoms with Gasteiger partial charge in [0.05, 0.1) is 19.2 Å². The van der Waals surface area contributed by atoms with Crippen molar-refractivity contribution in [1.29, 1.82) is 0 Å². The van der Waals surface area contributed by atoms with E-state index in [9.17, 15) is 33.6 Å². The van der Waals surface area contributed by atoms with Gasteiger partial charge in [0.2, 0.25) is 29.4 Å². The van der Waals surface area contributed by atoms with Gasteiger partial charge in [-0.2, -0.15) is 0 Å². The number of ketones is 1. The minimum atomic E-state index is -1.19. The van der Waals surface area contributed by atoms with Gasteiger partial charge >= 0.3 is 6.09 Å². The predicted molar refractivity (Wildman–Crippen MR) is 201 cm³/mol. The van der Waals surface area contributed by atoms with Gasteiger partial charge in [0.25, 0.3) is 5.91 Å². The lowest BCUT2D eigenvalue weighted by atomic mass is 9.78. The van der Waals surface area contributed by atoms with Gasteiger partial charge in [-0.3, -0.25) is 28.8 Å². The van der Waals surface area contributed by atoms with E-state index >= 15 is 0 Å². The molecule has 3 aliphatic rings. The summed E-state index contributed by atoms with van der Waals surface area (Å²) in [6.45, 7) is 11.3. The number of carbonyl (C=O) groups is 7. The molecule has 0 spiro atoms. The van der Waals surface area contributed by atoms with Gasteiger partial charge in [-0.1, -0.05) is 84.7 Å². The molecule has 2 aliphatic carbocycles. The summed E-state index contributed by atoms with van der Waals surface area (Å²) >= 11 is 0. The van der Waals surface area contributed by atoms with Crippen LogP contribution in [0, 0.1) is 35.0 Å². The van der Waals surface area contributed by atoms with Crippen molar-refractivity contribution in [3.8, 4) is 0 Å². The highest BCUT2D eigenvalue weighted by atomic mass is 16.5. The Labute approximate surface area is 319 Å². The zero-order chi connectivity index (χ0) is 39.9. The SMILES string of the molecule is CCCC[C@H](NC(=O)[C@@H]1C2C3CCC(C3)C2CN1C(=O)[C@@H](NC(=O)OCC(C)C)C(C)(C)C)C(=O)C(=O)NCC(=O)NC(C(=O)N(C)C)c1ccccc1. The van der Waals surface area contributed by atoms with E-state index in [1.165, 1.54) is 4.90 Å². The average molecular weight is 753 g/mol. The van der Waals surface area contributed by atoms with Crippen LogP contribution < -0.4 is 21.3 Å². The zero-order valence-corrected chi connectivity index (χ0v) is 33.1. The molecule has 0 aromatic heterocycles. The van der Waals surface area contributed by atoms with Crippen LogP contribution in [0.3, 0.4) is 0 Å². The normalized spacial score (nSPS) is 23.1. The van der Waals surface area contributed by atoms with Crippen LogP contribution in [-0.4, -0.2) is 103 Å². The number of alkyl carbamates (subject to hydrolysis) is 1. The Morgan fingerprint density at radius 3 is 2.22 bits per heavy atom. The summed E-state index contributed by atoms with van der Waals surface area (Å²) in [6, 6.07) is 4.63. The molecule has 1 heterocycles. The molecule has 1 aromatic rings. The lowest BCUT2D eigenvalue weighted by Gasteiger charge is -2.37. The van der Waals surface area contributed by atoms with E-state index in [4.69, 9.17) is 4.74 Å². The molecule has 3 fully saturated rings. The molecule has 4 rings (SSSR count). The Bertz CT molecular complexity index is 1540. The molecular weight excluding hydrogens is 692 g/mol. The summed E-state index contributed by atoms with van der Waals surface area (Å²) in [5, 5.41) is 10.6. The van der Waals surface area contributed by atoms with Crippen molar-refractivity contribution >= 4 is 41.4 Å². The lowest BCUT2D eigenvalue weighted by Crippen LogP contribution is -2.60. The Kier molecular flexibility index (Phi) is 14.3. The van der Waals surface area contributed by atoms with Crippen molar-refractivity contribution in [1.82, 2.24) is 31.1 Å². The Morgan fingerprint density at radius 1 is 0.944 bits per heavy atom. The Hall–Kier alpha value is -4.49. The Balaban J connectivity index is 1.49. The standard InChI is InChI=1S/C40H60N6O8/c1-9-10-16-28(33(48)36(50)41-20-29(47)43-31(37(51)45(7)8)24-14-12-11-13-15-24)42-35(49)32-30-26-18-17-25(19-26)27(30)21-46(32)38(52)34(40(4,5)6)44-39(53)54-22-23(2)3/h11-15,23,25-28,30-32,34H,9-10,16-22H2,1-8H3,(H,41,50)(H,42,49)(H,43,47)(H,44,53)/t25?,26?,27?,28-,30?,31?,32-,34+/m0/s1. The number of hydrogen-bond acceptors (Lipinski definition) is 8. The summed E-state index contributed by atoms with van der Waals surface area (Å²) in [4.78, 5) is 97.2. The fourth-order valence-electron chi connectivity index (χ4n) is 8.27. The number of likely N-dealkylation sites (tertiary alicyclic amines) is 1. The van der Waals surface area contributed by atoms with Crippen molar-refractivity contribution in [3.05, 3.63) is 35.9 Å². The van der Waals surface area contributed by atoms with E-state index < -0.39 is 65.7 Å². The van der Waals surface area contributed by atoms with Gasteiger partial charge in [0.1, 0.15) is 18.1 Å². The van der Waals surface area contributed by atoms with Crippen molar-refractivity contribution in [2.24, 2.45) is 35.0 Å². The first-order valence-electron chi connectivity index (χ1n) is 19.4. The molecule has 2 bridgehead atoms. The maximum absolute atomic E-state index is 14.4. The molecule has 6 amide bonds. The van der Waals surface area contributed by atoms with Crippen molar-refractivity contribution in [2.45, 2.75) is 104 Å². The Morgan fingerprint density at radius 2 is 1.61 bits per heavy atom. The molecule has 1 aliphatic heterocycles. The number of unbranched alkanes of at least 4 members (excludes halogenated alkanes) is 1. The summed E-state index contributed by atoms with van der Waals surface area (Å²) in [5.41, 5.74) is -0.154. The third-order valence-electron chi connectivity index (χ3n) is 11.0. The molecule has 1 aromatic carbocycles. The number of Topliss-reactive ketones (excluding diaryl/α,β-unsaturated/α-hetero) is 1. The first kappa shape index (κ1) is 42.3. The van der Waals surface area contributed by atoms with E-state index in [0.717, 1.165) is 19.3 Å². The highest BCUT2D eigenvalue weighted by Crippen LogP contribution is 2.57. The third-order valence-corrected chi connectivity index (χ3v) is 11.0. The number of hydrogen-bond donors (Lipinski definition) is 4. The van der Waals surface area contributed by atoms with E-state index in [2.05, 4.69) is 21.3 Å². The fourth-order valence-corrected chi connectivity index (χ4v) is 8.27. The summed E-state index contributed by atoms with van der Waals surface area (Å²) in [6.07, 6.45) is 3.68. The number of ether oxygens (including phenoxy) is 1. The minimum Gasteiger partial charge on any atom is -0.449 e. The highest BCUT2D eigenvalue weighted by Gasteiger charge is 2.60. The van der Waals surface area contributed by atoms with E-state index in [1.807, 2.05) is 41.5 Å². The zero-order valence-electron chi connectivity index (χ0n) is 33.1. The smallest absolute Gasteiger partial charge is 0.407 e. The molecule has 14 nitrogen and oxygen atoms in total. The summed E-state index contributed by atoms with van der Waals surface area (Å²) in [7, 11) is 3.14. The van der Waals surface area contributed by atoms with Crippen LogP contribution in [0.15, 0.2) is 30.3 Å². The monoisotopic (exact) mass is 752 g/mol. The quantitative estimate of drug-likeness (QED) is 0.186. The van der Waals surface area contributed by atoms with Crippen LogP contribution in [0.5, 0.6) is 0 Å². The number of amides is 6. The maximum atomic E-state index is 14.4. The summed E-state index contributed by atoms with van der Waals surface area (Å²) in [5.74, 6) is -3.15. The van der Waals surface area contributed by atoms with Crippen molar-refractivity contribution in [2.75, 3.05) is 33.8 Å². The average Bonchev–Trinajstić information content (AvgIpc) is 3.85. The summed E-state index contributed by atoms with van der Waals surface area (Å²) < 4.78 is 5.35. The first-order chi connectivity index (χ1) is 25.4. The molecule has 54 heavy (non-hydrogen) atoms. The number of nitrogens with zero attached hydrogens (tertiary/aromatic N) is 2. The number of fused-ring (bicyclic) bond motifs is 5. The van der Waals surface area contributed by atoms with Crippen molar-refractivity contribution in [3.63, 3.8) is 0 Å². The van der Waals surface area contributed by atoms with Gasteiger partial charge in [-0.25, -0.2) is 4.79 Å². The molecule has 14 heteroatoms. The van der Waals surface area contributed by atoms with E-state index in [0.29, 0.717) is 30.9 Å². The minimum absolute atomic E-state index is 0.106. The number of benzene rings is 1. The van der Waals surface area contributed by atoms with E-state index in [1.54, 1.807) is 49.3 Å². The lowest BCUT2D eigenvalue weighted by molar-refractivity contribution is -0.145. The van der Waals surface area contributed by atoms with Gasteiger partial charge in [0, 0.05) is 20.6 Å². The molecule has 298 valence electrons. The molecular formula is C40H60N6O8. The molecule has 8 atom stereocenters. The van der Waals surface area contributed by atoms with Gasteiger partial charge in [-0.05, 0) is 66.3 Å². The fraction of sp³-hybridized carbons (Fsp3) is 0.675. The second-order valence-corrected chi connectivity index (χ2v) is 16.8. The maximum Gasteiger partial charge on any atom is 0.407 e. The van der Waals surface area contributed by atoms with Crippen molar-refractivity contribution < 1.29 is 38.3 Å². The molecule has 2 saturated carbocycles. The van der Waals surface area contributed by atoms with Crippen LogP contribution in [0.2, 0.25) is 0 Å². The molecule has 1 saturated heterocycles. The number of likely N-dealkylation sites (N-methyl/N-ethyl adjacent to an activating group) is 1. The second-order valence-electron chi connectivity index (χ2n) is 16.8. The van der Waals surface area contributed by atoms with Crippen LogP contribution >= 0.6 is 0 Å². The number of rotatable bonds is 16. The van der Waals surface area contributed by atoms with Crippen LogP contribution in [-0.2, 0) is 33.5 Å². The van der Waals surface area contributed by atoms with Gasteiger partial charge in [0.15, 0.2) is 0 Å². The molecule has 4 N–H and O–H groups in total. The molecule has 5 unspecified atom stereocenters. The topological polar surface area (TPSA) is 183 Å². The van der Waals surface area contributed by atoms with Crippen LogP contribution in [0.4, 0.5) is 4.79 Å². The second kappa shape index (κ2) is 18.2. The number of carbonyl (C=O) groups excluding carboxylic acids is 7. The largest absolute Gasteiger partial charge is 0.449 e. The third kappa shape index (κ3) is 10.2. The van der Waals surface area contributed by atoms with Crippen LogP contribution in [0.1, 0.15) is 91.7 Å². The van der Waals surface area contributed by atoms with Crippen LogP contribution in [0.25, 0.3) is 0 Å². The first-order valence-corrected chi connectivity index (χ1v) is 19.4.